The topological polar surface area (TPSA) is 236 Å². The molecule has 1 saturated heterocycles. The van der Waals surface area contributed by atoms with E-state index < -0.39 is 119 Å². The van der Waals surface area contributed by atoms with Crippen LogP contribution in [0.3, 0.4) is 0 Å². The van der Waals surface area contributed by atoms with Crippen molar-refractivity contribution in [2.75, 3.05) is 27.4 Å². The zero-order chi connectivity index (χ0) is 38.7. The summed E-state index contributed by atoms with van der Waals surface area (Å²) in [4.78, 5) is 54.7. The lowest BCUT2D eigenvalue weighted by atomic mass is 9.72. The number of hydroxylamine groups is 2. The van der Waals surface area contributed by atoms with Crippen molar-refractivity contribution in [1.29, 1.82) is 0 Å². The highest BCUT2D eigenvalue weighted by Gasteiger charge is 2.51. The number of aliphatic hydroxyl groups is 2. The van der Waals surface area contributed by atoms with Gasteiger partial charge in [-0.15, -0.1) is 0 Å². The van der Waals surface area contributed by atoms with Gasteiger partial charge >= 0.3 is 5.97 Å². The lowest BCUT2D eigenvalue weighted by Gasteiger charge is -2.50. The molecule has 52 heavy (non-hydrogen) atoms. The number of hydrogen-bond acceptors (Lipinski definition) is 15. The number of carbonyl (C=O) groups is 4. The standard InChI is InChI=1S/C37H48N2O13/c1-17(49-6)29(41)21(38)15-51-23-14-37(47,24(40)16-52-34(46)18-11-35(2,3)39(48)36(4,5)12-18)13-20-26(23)33(45)28-27(31(20)43)30(42)19-9-8-10-22(50-7)25(19)32(28)44/h8-10,17-18,21,23,29,41,43,45,47-48H,11-16,38H2,1-7H3/t17?,21?,23-,29?,37-/m0/s1. The van der Waals surface area contributed by atoms with Crippen LogP contribution in [0.2, 0.25) is 0 Å². The second kappa shape index (κ2) is 14.1. The third-order valence-electron chi connectivity index (χ3n) is 10.7. The molecule has 3 unspecified atom stereocenters. The van der Waals surface area contributed by atoms with Crippen molar-refractivity contribution in [2.45, 2.75) is 101 Å². The Bertz CT molecular complexity index is 1770. The number of Topliss-reactive ketones (excluding diaryl/α,β-unsaturated/α-hetero) is 1. The fourth-order valence-corrected chi connectivity index (χ4v) is 7.91. The highest BCUT2D eigenvalue weighted by atomic mass is 16.5. The summed E-state index contributed by atoms with van der Waals surface area (Å²) in [5, 5.41) is 57.7. The minimum atomic E-state index is -2.37. The molecule has 7 N–H and O–H groups in total. The van der Waals surface area contributed by atoms with E-state index in [2.05, 4.69) is 0 Å². The Hall–Kier alpha value is -3.96. The summed E-state index contributed by atoms with van der Waals surface area (Å²) in [5.41, 5.74) is 0.637. The highest BCUT2D eigenvalue weighted by molar-refractivity contribution is 6.31. The molecule has 2 aromatic carbocycles. The number of methoxy groups -OCH3 is 2. The molecule has 3 aliphatic rings. The number of phenols is 2. The predicted octanol–water partition coefficient (Wildman–Crippen LogP) is 2.11. The molecule has 1 aliphatic heterocycles. The molecule has 284 valence electrons. The number of ketones is 3. The molecule has 0 spiro atoms. The average Bonchev–Trinajstić information content (AvgIpc) is 3.10. The van der Waals surface area contributed by atoms with Crippen molar-refractivity contribution < 1.29 is 63.8 Å². The summed E-state index contributed by atoms with van der Waals surface area (Å²) in [5.74, 6) is -5.31. The van der Waals surface area contributed by atoms with Crippen molar-refractivity contribution in [1.82, 2.24) is 5.06 Å². The molecule has 0 aromatic heterocycles. The van der Waals surface area contributed by atoms with E-state index in [9.17, 15) is 44.8 Å². The maximum atomic E-state index is 13.9. The molecule has 15 heteroatoms. The zero-order valence-corrected chi connectivity index (χ0v) is 30.4. The van der Waals surface area contributed by atoms with Gasteiger partial charge in [0.2, 0.25) is 11.6 Å². The van der Waals surface area contributed by atoms with Crippen LogP contribution in [0.4, 0.5) is 0 Å². The Labute approximate surface area is 301 Å². The second-order valence-electron chi connectivity index (χ2n) is 15.3. The molecule has 1 fully saturated rings. The summed E-state index contributed by atoms with van der Waals surface area (Å²) < 4.78 is 21.9. The first kappa shape index (κ1) is 39.3. The quantitative estimate of drug-likeness (QED) is 0.123. The molecule has 0 bridgehead atoms. The maximum absolute atomic E-state index is 13.9. The van der Waals surface area contributed by atoms with Gasteiger partial charge in [0.15, 0.2) is 12.4 Å². The number of esters is 1. The number of carbonyl (C=O) groups excluding carboxylic acids is 4. The van der Waals surface area contributed by atoms with Gasteiger partial charge in [-0.1, -0.05) is 12.1 Å². The third kappa shape index (κ3) is 6.70. The first-order chi connectivity index (χ1) is 24.2. The van der Waals surface area contributed by atoms with E-state index in [-0.39, 0.29) is 40.8 Å². The largest absolute Gasteiger partial charge is 0.507 e. The van der Waals surface area contributed by atoms with Crippen molar-refractivity contribution in [3.05, 3.63) is 51.6 Å². The van der Waals surface area contributed by atoms with Crippen LogP contribution >= 0.6 is 0 Å². The summed E-state index contributed by atoms with van der Waals surface area (Å²) in [6.07, 6.45) is -4.05. The van der Waals surface area contributed by atoms with Crippen LogP contribution in [-0.4, -0.2) is 116 Å². The van der Waals surface area contributed by atoms with Gasteiger partial charge in [0.25, 0.3) is 0 Å². The first-order valence-corrected chi connectivity index (χ1v) is 17.1. The number of benzene rings is 2. The van der Waals surface area contributed by atoms with Gasteiger partial charge in [0.05, 0.1) is 60.7 Å². The van der Waals surface area contributed by atoms with E-state index in [4.69, 9.17) is 24.7 Å². The molecule has 2 aromatic rings. The lowest BCUT2D eigenvalue weighted by Crippen LogP contribution is -2.60. The van der Waals surface area contributed by atoms with Crippen LogP contribution in [0, 0.1) is 5.92 Å². The molecular weight excluding hydrogens is 680 g/mol. The highest BCUT2D eigenvalue weighted by Crippen LogP contribution is 2.52. The molecule has 15 nitrogen and oxygen atoms in total. The average molecular weight is 729 g/mol. The molecule has 1 heterocycles. The maximum Gasteiger partial charge on any atom is 0.309 e. The number of ether oxygens (including phenoxy) is 4. The minimum Gasteiger partial charge on any atom is -0.507 e. The minimum absolute atomic E-state index is 0.0710. The number of aliphatic hydroxyl groups excluding tert-OH is 1. The van der Waals surface area contributed by atoms with Gasteiger partial charge < -0.3 is 50.3 Å². The van der Waals surface area contributed by atoms with Crippen molar-refractivity contribution in [3.63, 3.8) is 0 Å². The number of nitrogens with two attached hydrogens (primary N) is 1. The monoisotopic (exact) mass is 728 g/mol. The normalized spacial score (nSPS) is 24.2. The Morgan fingerprint density at radius 1 is 0.981 bits per heavy atom. The molecule has 5 rings (SSSR count). The second-order valence-corrected chi connectivity index (χ2v) is 15.3. The number of aromatic hydroxyl groups is 2. The van der Waals surface area contributed by atoms with Crippen LogP contribution < -0.4 is 10.5 Å². The van der Waals surface area contributed by atoms with E-state index in [1.165, 1.54) is 37.5 Å². The lowest BCUT2D eigenvalue weighted by molar-refractivity contribution is -0.251. The summed E-state index contributed by atoms with van der Waals surface area (Å²) in [7, 11) is 2.69. The summed E-state index contributed by atoms with van der Waals surface area (Å²) >= 11 is 0. The van der Waals surface area contributed by atoms with Crippen molar-refractivity contribution in [2.24, 2.45) is 11.7 Å². The van der Waals surface area contributed by atoms with E-state index in [1.54, 1.807) is 34.6 Å². The van der Waals surface area contributed by atoms with Crippen LogP contribution in [0.15, 0.2) is 18.2 Å². The van der Waals surface area contributed by atoms with Crippen LogP contribution in [0.1, 0.15) is 103 Å². The molecular formula is C37H48N2O13. The van der Waals surface area contributed by atoms with Crippen LogP contribution in [-0.2, 0) is 30.2 Å². The number of hydrogen-bond donors (Lipinski definition) is 6. The fourth-order valence-electron chi connectivity index (χ4n) is 7.91. The van der Waals surface area contributed by atoms with Crippen molar-refractivity contribution in [3.8, 4) is 17.2 Å². The molecule has 5 atom stereocenters. The van der Waals surface area contributed by atoms with Gasteiger partial charge in [-0.25, -0.2) is 0 Å². The van der Waals surface area contributed by atoms with E-state index in [0.717, 1.165) is 0 Å². The molecule has 0 saturated carbocycles. The van der Waals surface area contributed by atoms with E-state index >= 15 is 0 Å². The Morgan fingerprint density at radius 2 is 1.60 bits per heavy atom. The van der Waals surface area contributed by atoms with Crippen molar-refractivity contribution >= 4 is 23.3 Å². The number of piperidine rings is 1. The first-order valence-electron chi connectivity index (χ1n) is 17.1. The van der Waals surface area contributed by atoms with Gasteiger partial charge in [-0.2, -0.15) is 5.06 Å². The molecule has 0 amide bonds. The van der Waals surface area contributed by atoms with Crippen LogP contribution in [0.25, 0.3) is 0 Å². The molecule has 2 aliphatic carbocycles. The van der Waals surface area contributed by atoms with Crippen LogP contribution in [0.5, 0.6) is 17.2 Å². The number of fused-ring (bicyclic) bond motifs is 3. The van der Waals surface area contributed by atoms with E-state index in [1.807, 2.05) is 0 Å². The van der Waals surface area contributed by atoms with Gasteiger partial charge in [-0.05, 0) is 53.5 Å². The smallest absolute Gasteiger partial charge is 0.309 e. The SMILES string of the molecule is COc1cccc2c1C(=O)c1c(O)c3c(c(O)c1C2=O)C[C@@](O)(C(=O)COC(=O)C1CC(C)(C)N(O)C(C)(C)C1)C[C@@H]3OCC(N)C(O)C(C)OC. The van der Waals surface area contributed by atoms with Gasteiger partial charge in [0, 0.05) is 47.7 Å². The number of rotatable bonds is 11. The molecule has 0 radical (unpaired) electrons. The fraction of sp³-hybridized carbons (Fsp3) is 0.568. The van der Waals surface area contributed by atoms with Gasteiger partial charge in [0.1, 0.15) is 22.8 Å². The Balaban J connectivity index is 1.51. The zero-order valence-electron chi connectivity index (χ0n) is 30.4. The Morgan fingerprint density at radius 3 is 2.19 bits per heavy atom. The third-order valence-corrected chi connectivity index (χ3v) is 10.7. The Kier molecular flexibility index (Phi) is 10.7. The predicted molar refractivity (Wildman–Crippen MR) is 183 cm³/mol. The summed E-state index contributed by atoms with van der Waals surface area (Å²) in [6.45, 7) is 7.43. The number of phenolic OH excluding ortho intramolecular Hbond substituents is 2. The van der Waals surface area contributed by atoms with Gasteiger partial charge in [-0.3, -0.25) is 19.2 Å². The number of nitrogens with zero attached hydrogens (tertiary/aromatic N) is 1. The summed E-state index contributed by atoms with van der Waals surface area (Å²) in [6, 6.07) is 3.27. The van der Waals surface area contributed by atoms with E-state index in [0.29, 0.717) is 0 Å².